The molecule has 6 nitrogen and oxygen atoms in total. The Hall–Kier alpha value is -1.14. The highest BCUT2D eigenvalue weighted by Gasteiger charge is 2.42. The number of carboxylic acids is 2. The minimum absolute atomic E-state index is 0.147. The fourth-order valence-corrected chi connectivity index (χ4v) is 1.00. The van der Waals surface area contributed by atoms with Gasteiger partial charge >= 0.3 is 11.9 Å². The second-order valence-electron chi connectivity index (χ2n) is 2.92. The predicted octanol–water partition coefficient (Wildman–Crippen LogP) is -0.814. The van der Waals surface area contributed by atoms with E-state index in [-0.39, 0.29) is 6.42 Å². The maximum atomic E-state index is 10.6. The summed E-state index contributed by atoms with van der Waals surface area (Å²) in [6.07, 6.45) is 0.662. The maximum Gasteiger partial charge on any atom is 0.339 e. The highest BCUT2D eigenvalue weighted by atomic mass is 16.4. The molecule has 0 aliphatic carbocycles. The fraction of sp³-hybridized carbons (Fsp3) is 0.714. The van der Waals surface area contributed by atoms with Gasteiger partial charge in [0.05, 0.1) is 5.92 Å². The Balaban J connectivity index is 4.71. The summed E-state index contributed by atoms with van der Waals surface area (Å²) in [5.41, 5.74) is 8.18. The van der Waals surface area contributed by atoms with Gasteiger partial charge in [-0.2, -0.15) is 0 Å². The van der Waals surface area contributed by atoms with E-state index in [0.29, 0.717) is 6.42 Å². The van der Waals surface area contributed by atoms with Crippen LogP contribution in [0, 0.1) is 5.92 Å². The van der Waals surface area contributed by atoms with Crippen molar-refractivity contribution in [1.29, 1.82) is 0 Å². The molecule has 0 aromatic carbocycles. The van der Waals surface area contributed by atoms with E-state index < -0.39 is 23.5 Å². The van der Waals surface area contributed by atoms with Crippen LogP contribution in [0.1, 0.15) is 19.8 Å². The van der Waals surface area contributed by atoms with Crippen LogP contribution >= 0.6 is 0 Å². The molecule has 6 N–H and O–H groups in total. The van der Waals surface area contributed by atoms with Gasteiger partial charge in [0.2, 0.25) is 0 Å². The predicted molar refractivity (Wildman–Crippen MR) is 44.8 cm³/mol. The standard InChI is InChI=1S/C7H14N2O4/c1-2-3-4(5(10)11)7(8,9)6(12)13/h4H,2-3,8-9H2,1H3,(H,10,11)(H,12,13). The lowest BCUT2D eigenvalue weighted by Gasteiger charge is -2.26. The van der Waals surface area contributed by atoms with Crippen molar-refractivity contribution >= 4 is 11.9 Å². The lowest BCUT2D eigenvalue weighted by molar-refractivity contribution is -0.155. The van der Waals surface area contributed by atoms with Gasteiger partial charge in [0.15, 0.2) is 5.66 Å². The molecule has 0 saturated carbocycles. The molecule has 1 unspecified atom stereocenters. The molecule has 1 atom stereocenters. The van der Waals surface area contributed by atoms with Gasteiger partial charge in [0.25, 0.3) is 0 Å². The molecule has 0 rings (SSSR count). The molecule has 0 fully saturated rings. The third-order valence-electron chi connectivity index (χ3n) is 1.82. The largest absolute Gasteiger partial charge is 0.481 e. The molecule has 13 heavy (non-hydrogen) atoms. The Bertz CT molecular complexity index is 215. The Morgan fingerprint density at radius 3 is 2.08 bits per heavy atom. The molecular formula is C7H14N2O4. The van der Waals surface area contributed by atoms with Crippen molar-refractivity contribution in [2.75, 3.05) is 0 Å². The van der Waals surface area contributed by atoms with Crippen molar-refractivity contribution in [3.63, 3.8) is 0 Å². The second kappa shape index (κ2) is 4.20. The summed E-state index contributed by atoms with van der Waals surface area (Å²) in [5, 5.41) is 17.2. The molecule has 0 bridgehead atoms. The van der Waals surface area contributed by atoms with Crippen LogP contribution in [-0.2, 0) is 9.59 Å². The molecule has 0 aliphatic rings. The van der Waals surface area contributed by atoms with Crippen molar-refractivity contribution in [2.24, 2.45) is 17.4 Å². The van der Waals surface area contributed by atoms with E-state index in [0.717, 1.165) is 0 Å². The molecule has 0 amide bonds. The monoisotopic (exact) mass is 190 g/mol. The summed E-state index contributed by atoms with van der Waals surface area (Å²) >= 11 is 0. The highest BCUT2D eigenvalue weighted by molar-refractivity contribution is 5.85. The molecule has 0 saturated heterocycles. The third kappa shape index (κ3) is 2.67. The van der Waals surface area contributed by atoms with Gasteiger partial charge in [0.1, 0.15) is 0 Å². The Kier molecular flexibility index (Phi) is 3.83. The molecule has 76 valence electrons. The normalized spacial score (nSPS) is 13.8. The minimum atomic E-state index is -2.19. The van der Waals surface area contributed by atoms with Crippen molar-refractivity contribution < 1.29 is 19.8 Å². The molecule has 0 radical (unpaired) electrons. The average molecular weight is 190 g/mol. The van der Waals surface area contributed by atoms with Crippen LogP contribution in [0.25, 0.3) is 0 Å². The van der Waals surface area contributed by atoms with Gasteiger partial charge < -0.3 is 21.7 Å². The van der Waals surface area contributed by atoms with E-state index in [9.17, 15) is 9.59 Å². The number of carbonyl (C=O) groups is 2. The zero-order chi connectivity index (χ0) is 10.6. The fourth-order valence-electron chi connectivity index (χ4n) is 1.00. The second-order valence-corrected chi connectivity index (χ2v) is 2.92. The number of rotatable bonds is 5. The third-order valence-corrected chi connectivity index (χ3v) is 1.82. The first-order valence-electron chi connectivity index (χ1n) is 3.88. The number of nitrogens with two attached hydrogens (primary N) is 2. The SMILES string of the molecule is CCCC(C(=O)O)C(N)(N)C(=O)O. The summed E-state index contributed by atoms with van der Waals surface area (Å²) in [6.45, 7) is 1.73. The first kappa shape index (κ1) is 11.9. The lowest BCUT2D eigenvalue weighted by Crippen LogP contribution is -2.63. The van der Waals surface area contributed by atoms with Crippen LogP contribution in [0.5, 0.6) is 0 Å². The number of carboxylic acid groups (broad SMARTS) is 2. The molecule has 0 spiro atoms. The first-order chi connectivity index (χ1) is 5.84. The zero-order valence-corrected chi connectivity index (χ0v) is 7.36. The van der Waals surface area contributed by atoms with Crippen LogP contribution in [0.3, 0.4) is 0 Å². The van der Waals surface area contributed by atoms with Crippen molar-refractivity contribution in [3.05, 3.63) is 0 Å². The van der Waals surface area contributed by atoms with Crippen LogP contribution in [0.4, 0.5) is 0 Å². The van der Waals surface area contributed by atoms with Gasteiger partial charge in [-0.3, -0.25) is 4.79 Å². The molecule has 6 heteroatoms. The van der Waals surface area contributed by atoms with Gasteiger partial charge in [-0.05, 0) is 6.42 Å². The van der Waals surface area contributed by atoms with E-state index in [1.165, 1.54) is 0 Å². The van der Waals surface area contributed by atoms with Crippen LogP contribution in [0.2, 0.25) is 0 Å². The van der Waals surface area contributed by atoms with E-state index in [2.05, 4.69) is 0 Å². The smallest absolute Gasteiger partial charge is 0.339 e. The molecular weight excluding hydrogens is 176 g/mol. The summed E-state index contributed by atoms with van der Waals surface area (Å²) in [6, 6.07) is 0. The van der Waals surface area contributed by atoms with E-state index >= 15 is 0 Å². The maximum absolute atomic E-state index is 10.6. The zero-order valence-electron chi connectivity index (χ0n) is 7.36. The van der Waals surface area contributed by atoms with Gasteiger partial charge in [-0.25, -0.2) is 4.79 Å². The lowest BCUT2D eigenvalue weighted by atomic mass is 9.90. The molecule has 0 aromatic heterocycles. The molecule has 0 aliphatic heterocycles. The number of hydrogen-bond donors (Lipinski definition) is 4. The minimum Gasteiger partial charge on any atom is -0.481 e. The Morgan fingerprint density at radius 2 is 1.85 bits per heavy atom. The van der Waals surface area contributed by atoms with Crippen molar-refractivity contribution in [1.82, 2.24) is 0 Å². The average Bonchev–Trinajstić information content (AvgIpc) is 1.98. The quantitative estimate of drug-likeness (QED) is 0.420. The van der Waals surface area contributed by atoms with Crippen molar-refractivity contribution in [3.8, 4) is 0 Å². The van der Waals surface area contributed by atoms with Gasteiger partial charge in [-0.1, -0.05) is 13.3 Å². The summed E-state index contributed by atoms with van der Waals surface area (Å²) in [4.78, 5) is 21.1. The van der Waals surface area contributed by atoms with Gasteiger partial charge in [0, 0.05) is 0 Å². The van der Waals surface area contributed by atoms with Crippen LogP contribution in [0.15, 0.2) is 0 Å². The van der Waals surface area contributed by atoms with Crippen LogP contribution < -0.4 is 11.5 Å². The highest BCUT2D eigenvalue weighted by Crippen LogP contribution is 2.16. The topological polar surface area (TPSA) is 127 Å². The summed E-state index contributed by atoms with van der Waals surface area (Å²) in [5.74, 6) is -4.04. The van der Waals surface area contributed by atoms with E-state index in [1.54, 1.807) is 6.92 Å². The van der Waals surface area contributed by atoms with E-state index in [1.807, 2.05) is 0 Å². The van der Waals surface area contributed by atoms with E-state index in [4.69, 9.17) is 21.7 Å². The first-order valence-corrected chi connectivity index (χ1v) is 3.88. The summed E-state index contributed by atoms with van der Waals surface area (Å²) < 4.78 is 0. The number of hydrogen-bond acceptors (Lipinski definition) is 4. The number of aliphatic carboxylic acids is 2. The Labute approximate surface area is 75.5 Å². The molecule has 0 heterocycles. The van der Waals surface area contributed by atoms with Crippen molar-refractivity contribution in [2.45, 2.75) is 25.4 Å². The summed E-state index contributed by atoms with van der Waals surface area (Å²) in [7, 11) is 0. The van der Waals surface area contributed by atoms with Gasteiger partial charge in [-0.15, -0.1) is 0 Å². The van der Waals surface area contributed by atoms with Crippen LogP contribution in [-0.4, -0.2) is 27.8 Å². The molecule has 0 aromatic rings. The Morgan fingerprint density at radius 1 is 1.38 bits per heavy atom.